The van der Waals surface area contributed by atoms with Crippen molar-refractivity contribution < 1.29 is 33.8 Å². The molecule has 12 nitrogen and oxygen atoms in total. The fourth-order valence-electron chi connectivity index (χ4n) is 6.84. The quantitative estimate of drug-likeness (QED) is 0.159. The second-order valence-corrected chi connectivity index (χ2v) is 15.7. The predicted octanol–water partition coefficient (Wildman–Crippen LogP) is 4.23. The van der Waals surface area contributed by atoms with Crippen molar-refractivity contribution in [3.8, 4) is 10.4 Å². The number of aryl methyl sites for hydroxylation is 2. The lowest BCUT2D eigenvalue weighted by molar-refractivity contribution is -0.144. The molecule has 1 aliphatic carbocycles. The second kappa shape index (κ2) is 18.7. The number of rotatable bonds is 16. The molecule has 0 bridgehead atoms. The summed E-state index contributed by atoms with van der Waals surface area (Å²) in [7, 11) is 0. The molecule has 0 saturated carbocycles. The number of aliphatic hydroxyl groups excluding tert-OH is 1. The number of carbonyl (C=O) groups is 4. The molecule has 4 atom stereocenters. The Morgan fingerprint density at radius 2 is 1.68 bits per heavy atom. The molecular formula is C40H53N5O7S. The van der Waals surface area contributed by atoms with Gasteiger partial charge in [0.15, 0.2) is 0 Å². The van der Waals surface area contributed by atoms with Gasteiger partial charge in [-0.05, 0) is 53.9 Å². The fraction of sp³-hybridized carbons (Fsp3) is 0.525. The molecule has 53 heavy (non-hydrogen) atoms. The third-order valence-electron chi connectivity index (χ3n) is 9.73. The summed E-state index contributed by atoms with van der Waals surface area (Å²) in [6, 6.07) is 14.4. The van der Waals surface area contributed by atoms with Crippen LogP contribution in [0.3, 0.4) is 0 Å². The molecule has 13 heteroatoms. The van der Waals surface area contributed by atoms with Crippen molar-refractivity contribution >= 4 is 35.0 Å². The third kappa shape index (κ3) is 11.2. The van der Waals surface area contributed by atoms with E-state index in [2.05, 4.69) is 33.1 Å². The normalized spacial score (nSPS) is 19.0. The SMILES string of the molecule is Cc1ncsc1-c1ccc(CNC(=O)[C@@H]2C[C@@H](O)CN2C(=O)[C@@H](NC(=O)CCOCCOCCC(=O)N[C@@H]2CCCc3ccccc32)C(C)(C)C)cc1. The van der Waals surface area contributed by atoms with E-state index in [4.69, 9.17) is 9.47 Å². The highest BCUT2D eigenvalue weighted by atomic mass is 32.1. The Labute approximate surface area is 316 Å². The first-order valence-electron chi connectivity index (χ1n) is 18.5. The zero-order chi connectivity index (χ0) is 38.0. The lowest BCUT2D eigenvalue weighted by Gasteiger charge is -2.35. The van der Waals surface area contributed by atoms with Gasteiger partial charge in [0.25, 0.3) is 0 Å². The topological polar surface area (TPSA) is 159 Å². The van der Waals surface area contributed by atoms with Crippen molar-refractivity contribution in [2.24, 2.45) is 5.41 Å². The number of hydrogen-bond donors (Lipinski definition) is 4. The van der Waals surface area contributed by atoms with E-state index in [1.54, 1.807) is 11.3 Å². The maximum Gasteiger partial charge on any atom is 0.246 e. The molecule has 1 aromatic heterocycles. The van der Waals surface area contributed by atoms with Crippen LogP contribution >= 0.6 is 11.3 Å². The van der Waals surface area contributed by atoms with Gasteiger partial charge in [0.05, 0.1) is 54.7 Å². The van der Waals surface area contributed by atoms with Gasteiger partial charge in [-0.25, -0.2) is 4.98 Å². The summed E-state index contributed by atoms with van der Waals surface area (Å²) >= 11 is 1.58. The maximum atomic E-state index is 13.9. The number of hydrogen-bond acceptors (Lipinski definition) is 9. The molecule has 1 fully saturated rings. The number of carbonyl (C=O) groups excluding carboxylic acids is 4. The molecule has 3 aromatic rings. The Morgan fingerprint density at radius 1 is 0.981 bits per heavy atom. The predicted molar refractivity (Wildman–Crippen MR) is 203 cm³/mol. The highest BCUT2D eigenvalue weighted by Gasteiger charge is 2.44. The maximum absolute atomic E-state index is 13.9. The van der Waals surface area contributed by atoms with Crippen LogP contribution in [0.2, 0.25) is 0 Å². The standard InChI is InChI=1S/C40H53N5O7S/c1-26-36(53-25-42-26)29-14-12-27(13-15-29)23-41-38(49)33-22-30(46)24-45(33)39(50)37(40(2,3)4)44-35(48)17-19-52-21-20-51-18-16-34(47)43-32-11-7-9-28-8-5-6-10-31(28)32/h5-6,8,10,12-15,25,30,32-33,37,46H,7,9,11,16-24H2,1-4H3,(H,41,49)(H,43,47)(H,44,48)/t30-,32-,33+,37-/m1/s1. The highest BCUT2D eigenvalue weighted by Crippen LogP contribution is 2.30. The Hall–Kier alpha value is -4.17. The number of aliphatic hydroxyl groups is 1. The van der Waals surface area contributed by atoms with Crippen LogP contribution in [-0.4, -0.2) is 89.8 Å². The smallest absolute Gasteiger partial charge is 0.246 e. The first-order valence-corrected chi connectivity index (χ1v) is 19.4. The number of nitrogens with one attached hydrogen (secondary N) is 3. The van der Waals surface area contributed by atoms with Crippen molar-refractivity contribution in [1.29, 1.82) is 0 Å². The minimum absolute atomic E-state index is 0.00156. The van der Waals surface area contributed by atoms with Crippen molar-refractivity contribution in [2.75, 3.05) is 33.0 Å². The van der Waals surface area contributed by atoms with Gasteiger partial charge in [0.1, 0.15) is 12.1 Å². The second-order valence-electron chi connectivity index (χ2n) is 14.9. The van der Waals surface area contributed by atoms with Gasteiger partial charge in [-0.15, -0.1) is 11.3 Å². The van der Waals surface area contributed by atoms with Crippen molar-refractivity contribution in [3.63, 3.8) is 0 Å². The number of ether oxygens (including phenoxy) is 2. The summed E-state index contributed by atoms with van der Waals surface area (Å²) in [5.74, 6) is -1.19. The fourth-order valence-corrected chi connectivity index (χ4v) is 7.65. The van der Waals surface area contributed by atoms with Gasteiger partial charge in [0, 0.05) is 32.4 Å². The van der Waals surface area contributed by atoms with Crippen LogP contribution in [0.15, 0.2) is 54.0 Å². The van der Waals surface area contributed by atoms with Gasteiger partial charge in [-0.3, -0.25) is 19.2 Å². The van der Waals surface area contributed by atoms with Gasteiger partial charge in [-0.1, -0.05) is 69.3 Å². The minimum Gasteiger partial charge on any atom is -0.391 e. The number of nitrogens with zero attached hydrogens (tertiary/aromatic N) is 2. The molecule has 4 N–H and O–H groups in total. The number of aromatic nitrogens is 1. The molecule has 1 aliphatic heterocycles. The molecule has 4 amide bonds. The van der Waals surface area contributed by atoms with Crippen LogP contribution < -0.4 is 16.0 Å². The molecule has 2 aliphatic rings. The molecule has 0 spiro atoms. The number of likely N-dealkylation sites (tertiary alicyclic amines) is 1. The zero-order valence-corrected chi connectivity index (χ0v) is 32.0. The van der Waals surface area contributed by atoms with Gasteiger partial charge in [-0.2, -0.15) is 0 Å². The van der Waals surface area contributed by atoms with Gasteiger partial charge < -0.3 is 35.4 Å². The molecule has 1 saturated heterocycles. The lowest BCUT2D eigenvalue weighted by atomic mass is 9.85. The molecule has 286 valence electrons. The minimum atomic E-state index is -0.921. The monoisotopic (exact) mass is 747 g/mol. The molecule has 2 heterocycles. The largest absolute Gasteiger partial charge is 0.391 e. The number of amides is 4. The average Bonchev–Trinajstić information content (AvgIpc) is 3.75. The van der Waals surface area contributed by atoms with E-state index in [0.717, 1.165) is 41.0 Å². The molecule has 0 radical (unpaired) electrons. The van der Waals surface area contributed by atoms with E-state index in [9.17, 15) is 24.3 Å². The number of fused-ring (bicyclic) bond motifs is 1. The van der Waals surface area contributed by atoms with Gasteiger partial charge >= 0.3 is 0 Å². The highest BCUT2D eigenvalue weighted by molar-refractivity contribution is 7.13. The molecule has 5 rings (SSSR count). The van der Waals surface area contributed by atoms with Crippen molar-refractivity contribution in [3.05, 3.63) is 76.4 Å². The summed E-state index contributed by atoms with van der Waals surface area (Å²) in [6.07, 6.45) is 2.56. The van der Waals surface area contributed by atoms with Crippen LogP contribution in [0.5, 0.6) is 0 Å². The summed E-state index contributed by atoms with van der Waals surface area (Å²) in [5, 5.41) is 19.4. The lowest BCUT2D eigenvalue weighted by Crippen LogP contribution is -2.57. The van der Waals surface area contributed by atoms with Crippen LogP contribution in [0.25, 0.3) is 10.4 Å². The first kappa shape index (κ1) is 40.0. The van der Waals surface area contributed by atoms with E-state index in [0.29, 0.717) is 0 Å². The number of β-amino-alcohol motifs (C(OH)–C–C–N with tert-alkyl or cyclic N) is 1. The van der Waals surface area contributed by atoms with E-state index in [1.165, 1.54) is 16.0 Å². The van der Waals surface area contributed by atoms with Crippen LogP contribution in [-0.2, 0) is 41.6 Å². The Bertz CT molecular complexity index is 1710. The first-order chi connectivity index (χ1) is 25.4. The van der Waals surface area contributed by atoms with E-state index >= 15 is 0 Å². The number of benzene rings is 2. The Morgan fingerprint density at radius 3 is 2.36 bits per heavy atom. The summed E-state index contributed by atoms with van der Waals surface area (Å²) in [5.41, 5.74) is 6.57. The summed E-state index contributed by atoms with van der Waals surface area (Å²) < 4.78 is 11.2. The molecular weight excluding hydrogens is 695 g/mol. The summed E-state index contributed by atoms with van der Waals surface area (Å²) in [6.45, 7) is 8.70. The molecule has 0 unspecified atom stereocenters. The molecule has 2 aromatic carbocycles. The van der Waals surface area contributed by atoms with Crippen molar-refractivity contribution in [2.45, 2.75) is 97.0 Å². The van der Waals surface area contributed by atoms with E-state index in [1.807, 2.05) is 69.6 Å². The Kier molecular flexibility index (Phi) is 14.1. The average molecular weight is 748 g/mol. The number of thiazole rings is 1. The Balaban J connectivity index is 1.01. The zero-order valence-electron chi connectivity index (χ0n) is 31.2. The summed E-state index contributed by atoms with van der Waals surface area (Å²) in [4.78, 5) is 59.4. The van der Waals surface area contributed by atoms with E-state index in [-0.39, 0.29) is 82.5 Å². The van der Waals surface area contributed by atoms with Gasteiger partial charge in [0.2, 0.25) is 23.6 Å². The van der Waals surface area contributed by atoms with Crippen molar-refractivity contribution in [1.82, 2.24) is 25.8 Å². The van der Waals surface area contributed by atoms with E-state index < -0.39 is 29.5 Å². The van der Waals surface area contributed by atoms with Crippen LogP contribution in [0, 0.1) is 12.3 Å². The van der Waals surface area contributed by atoms with Crippen LogP contribution in [0.4, 0.5) is 0 Å². The van der Waals surface area contributed by atoms with Crippen LogP contribution in [0.1, 0.15) is 81.3 Å². The third-order valence-corrected chi connectivity index (χ3v) is 10.7.